The summed E-state index contributed by atoms with van der Waals surface area (Å²) in [5.74, 6) is -2.31. The van der Waals surface area contributed by atoms with Gasteiger partial charge in [-0.05, 0) is 62.6 Å². The van der Waals surface area contributed by atoms with Gasteiger partial charge in [0.05, 0.1) is 30.1 Å². The van der Waals surface area contributed by atoms with Gasteiger partial charge in [-0.25, -0.2) is 0 Å². The molecule has 8 heteroatoms. The lowest BCUT2D eigenvalue weighted by molar-refractivity contribution is -0.154. The maximum Gasteiger partial charge on any atom is 0.253 e. The number of rotatable bonds is 13. The minimum absolute atomic E-state index is 0.117. The number of fused-ring (bicyclic) bond motifs is 1. The fourth-order valence-electron chi connectivity index (χ4n) is 7.80. The highest BCUT2D eigenvalue weighted by atomic mass is 16.5. The van der Waals surface area contributed by atoms with Gasteiger partial charge < -0.3 is 24.5 Å². The molecule has 2 unspecified atom stereocenters. The van der Waals surface area contributed by atoms with Crippen molar-refractivity contribution in [2.45, 2.75) is 90.5 Å². The maximum absolute atomic E-state index is 14.9. The largest absolute Gasteiger partial charge is 0.394 e. The van der Waals surface area contributed by atoms with Crippen LogP contribution in [0.2, 0.25) is 0 Å². The molecule has 230 valence electrons. The molecule has 42 heavy (non-hydrogen) atoms. The Morgan fingerprint density at radius 2 is 1.83 bits per heavy atom. The van der Waals surface area contributed by atoms with E-state index in [1.54, 1.807) is 26.9 Å². The van der Waals surface area contributed by atoms with Crippen molar-refractivity contribution in [1.29, 1.82) is 0 Å². The summed E-state index contributed by atoms with van der Waals surface area (Å²) >= 11 is 0. The van der Waals surface area contributed by atoms with E-state index in [4.69, 9.17) is 4.74 Å². The molecule has 1 spiro atoms. The molecule has 3 heterocycles. The van der Waals surface area contributed by atoms with Crippen LogP contribution in [0.4, 0.5) is 5.69 Å². The Morgan fingerprint density at radius 1 is 1.14 bits per heavy atom. The second-order valence-electron chi connectivity index (χ2n) is 12.7. The average Bonchev–Trinajstić information content (AvgIpc) is 3.56. The fraction of sp³-hybridized carbons (Fsp3) is 0.618. The van der Waals surface area contributed by atoms with Gasteiger partial charge in [-0.1, -0.05) is 52.0 Å². The van der Waals surface area contributed by atoms with Crippen LogP contribution >= 0.6 is 0 Å². The number of carbonyl (C=O) groups excluding carboxylic acids is 3. The minimum atomic E-state index is -1.17. The van der Waals surface area contributed by atoms with Crippen molar-refractivity contribution in [1.82, 2.24) is 9.80 Å². The summed E-state index contributed by atoms with van der Waals surface area (Å²) in [4.78, 5) is 49.0. The SMILES string of the molecule is C=CCN(CCC)C(=O)[C@@H]1[C@H]2C(=O)N([C@@H](CO)C(C)C)C(C(=O)N(CC=C)c3cc(C)ccc3C)C23CC[C@@]1(CC)O3. The molecule has 1 N–H and O–H groups in total. The summed E-state index contributed by atoms with van der Waals surface area (Å²) in [5.41, 5.74) is 0.691. The lowest BCUT2D eigenvalue weighted by Crippen LogP contribution is -2.60. The standard InChI is InChI=1S/C34H49N3O5/c1-9-17-35(18-10-2)30(39)27-28-31(40)37(26(21-38)22(5)6)29(34(28)16-15-33(27,12-4)42-34)32(41)36(19-11-3)25-20-23(7)13-14-24(25)8/h9,11,13-14,20,22,26-29,38H,1,3,10,12,15-19,21H2,2,4-8H3/t26-,27-,28-,29?,33+,34?/m0/s1. The first kappa shape index (κ1) is 32.0. The second kappa shape index (κ2) is 12.3. The molecule has 2 bridgehead atoms. The molecule has 3 aliphatic heterocycles. The van der Waals surface area contributed by atoms with Crippen LogP contribution in [0, 0.1) is 31.6 Å². The van der Waals surface area contributed by atoms with Crippen LogP contribution in [-0.4, -0.2) is 82.2 Å². The summed E-state index contributed by atoms with van der Waals surface area (Å²) in [7, 11) is 0. The molecule has 3 saturated heterocycles. The van der Waals surface area contributed by atoms with Crippen LogP contribution in [0.25, 0.3) is 0 Å². The summed E-state index contributed by atoms with van der Waals surface area (Å²) in [5, 5.41) is 10.6. The predicted molar refractivity (Wildman–Crippen MR) is 165 cm³/mol. The summed E-state index contributed by atoms with van der Waals surface area (Å²) < 4.78 is 7.00. The van der Waals surface area contributed by atoms with Crippen LogP contribution < -0.4 is 4.90 Å². The number of hydrogen-bond acceptors (Lipinski definition) is 5. The molecule has 0 radical (unpaired) electrons. The monoisotopic (exact) mass is 579 g/mol. The Hall–Kier alpha value is -2.97. The van der Waals surface area contributed by atoms with Crippen molar-refractivity contribution in [2.24, 2.45) is 17.8 Å². The molecule has 3 aliphatic rings. The molecule has 3 amide bonds. The van der Waals surface area contributed by atoms with E-state index in [-0.39, 0.29) is 36.8 Å². The predicted octanol–water partition coefficient (Wildman–Crippen LogP) is 4.42. The van der Waals surface area contributed by atoms with Gasteiger partial charge in [0.2, 0.25) is 11.8 Å². The van der Waals surface area contributed by atoms with E-state index < -0.39 is 35.1 Å². The Kier molecular flexibility index (Phi) is 9.38. The summed E-state index contributed by atoms with van der Waals surface area (Å²) in [6.45, 7) is 20.5. The first-order valence-corrected chi connectivity index (χ1v) is 15.5. The highest BCUT2D eigenvalue weighted by Gasteiger charge is 2.79. The normalized spacial score (nSPS) is 28.6. The van der Waals surface area contributed by atoms with E-state index in [9.17, 15) is 19.5 Å². The lowest BCUT2D eigenvalue weighted by Gasteiger charge is -2.41. The topological polar surface area (TPSA) is 90.4 Å². The number of nitrogens with zero attached hydrogens (tertiary/aromatic N) is 3. The molecule has 6 atom stereocenters. The number of anilines is 1. The number of carbonyl (C=O) groups is 3. The Bertz CT molecular complexity index is 1230. The van der Waals surface area contributed by atoms with Crippen molar-refractivity contribution in [3.8, 4) is 0 Å². The first-order chi connectivity index (χ1) is 20.0. The summed E-state index contributed by atoms with van der Waals surface area (Å²) in [6.07, 6.45) is 5.82. The second-order valence-corrected chi connectivity index (χ2v) is 12.7. The van der Waals surface area contributed by atoms with Crippen LogP contribution in [0.5, 0.6) is 0 Å². The number of aliphatic hydroxyl groups is 1. The third kappa shape index (κ3) is 4.90. The van der Waals surface area contributed by atoms with Gasteiger partial charge in [0.25, 0.3) is 5.91 Å². The van der Waals surface area contributed by atoms with Gasteiger partial charge in [0.1, 0.15) is 11.6 Å². The van der Waals surface area contributed by atoms with Gasteiger partial charge in [-0.3, -0.25) is 14.4 Å². The number of hydrogen-bond donors (Lipinski definition) is 1. The molecule has 0 aromatic heterocycles. The van der Waals surface area contributed by atoms with E-state index in [1.807, 2.05) is 59.7 Å². The number of likely N-dealkylation sites (tertiary alicyclic amines) is 1. The molecule has 3 fully saturated rings. The smallest absolute Gasteiger partial charge is 0.253 e. The number of aliphatic hydroxyl groups excluding tert-OH is 1. The van der Waals surface area contributed by atoms with E-state index in [2.05, 4.69) is 13.2 Å². The summed E-state index contributed by atoms with van der Waals surface area (Å²) in [6, 6.07) is 4.37. The quantitative estimate of drug-likeness (QED) is 0.350. The Morgan fingerprint density at radius 3 is 2.40 bits per heavy atom. The zero-order valence-electron chi connectivity index (χ0n) is 26.3. The molecule has 0 saturated carbocycles. The molecule has 0 aliphatic carbocycles. The van der Waals surface area contributed by atoms with E-state index in [0.717, 1.165) is 23.2 Å². The molecule has 1 aromatic carbocycles. The highest BCUT2D eigenvalue weighted by Crippen LogP contribution is 2.65. The van der Waals surface area contributed by atoms with Gasteiger partial charge in [-0.2, -0.15) is 0 Å². The first-order valence-electron chi connectivity index (χ1n) is 15.5. The van der Waals surface area contributed by atoms with Crippen molar-refractivity contribution in [3.05, 3.63) is 54.6 Å². The number of amides is 3. The fourth-order valence-corrected chi connectivity index (χ4v) is 7.80. The minimum Gasteiger partial charge on any atom is -0.394 e. The van der Waals surface area contributed by atoms with Crippen molar-refractivity contribution < 1.29 is 24.2 Å². The van der Waals surface area contributed by atoms with Gasteiger partial charge in [0, 0.05) is 25.3 Å². The number of benzene rings is 1. The maximum atomic E-state index is 14.9. The zero-order chi connectivity index (χ0) is 31.0. The molecular formula is C34H49N3O5. The molecule has 4 rings (SSSR count). The number of ether oxygens (including phenoxy) is 1. The Balaban J connectivity index is 1.91. The average molecular weight is 580 g/mol. The van der Waals surface area contributed by atoms with E-state index in [0.29, 0.717) is 32.4 Å². The molecule has 1 aromatic rings. The third-order valence-electron chi connectivity index (χ3n) is 9.82. The van der Waals surface area contributed by atoms with Gasteiger partial charge >= 0.3 is 0 Å². The van der Waals surface area contributed by atoms with Crippen LogP contribution in [-0.2, 0) is 19.1 Å². The van der Waals surface area contributed by atoms with Crippen molar-refractivity contribution in [2.75, 3.05) is 31.1 Å². The van der Waals surface area contributed by atoms with Crippen molar-refractivity contribution in [3.63, 3.8) is 0 Å². The van der Waals surface area contributed by atoms with Crippen molar-refractivity contribution >= 4 is 23.4 Å². The zero-order valence-corrected chi connectivity index (χ0v) is 26.3. The molecular weight excluding hydrogens is 530 g/mol. The third-order valence-corrected chi connectivity index (χ3v) is 9.82. The highest BCUT2D eigenvalue weighted by molar-refractivity contribution is 6.05. The Labute approximate surface area is 251 Å². The molecule has 8 nitrogen and oxygen atoms in total. The van der Waals surface area contributed by atoms with E-state index in [1.165, 1.54) is 0 Å². The van der Waals surface area contributed by atoms with Crippen LogP contribution in [0.3, 0.4) is 0 Å². The van der Waals surface area contributed by atoms with Crippen LogP contribution in [0.15, 0.2) is 43.5 Å². The van der Waals surface area contributed by atoms with Gasteiger partial charge in [-0.15, -0.1) is 13.2 Å². The number of aryl methyl sites for hydroxylation is 2. The van der Waals surface area contributed by atoms with Gasteiger partial charge in [0.15, 0.2) is 0 Å². The van der Waals surface area contributed by atoms with E-state index >= 15 is 0 Å². The van der Waals surface area contributed by atoms with Crippen LogP contribution in [0.1, 0.15) is 64.5 Å². The lowest BCUT2D eigenvalue weighted by atomic mass is 9.64.